The Bertz CT molecular complexity index is 650. The number of likely N-dealkylation sites (tertiary alicyclic amines) is 1. The number of hydrogen-bond donors (Lipinski definition) is 0. The molecule has 1 unspecified atom stereocenters. The number of alkyl halides is 1. The van der Waals surface area contributed by atoms with Crippen molar-refractivity contribution in [1.82, 2.24) is 14.5 Å². The van der Waals surface area contributed by atoms with Gasteiger partial charge in [0.25, 0.3) is 0 Å². The molecule has 0 N–H and O–H groups in total. The first-order valence-corrected chi connectivity index (χ1v) is 7.78. The number of nitrogens with zero attached hydrogens (tertiary/aromatic N) is 3. The Kier molecular flexibility index (Phi) is 4.13. The van der Waals surface area contributed by atoms with Crippen LogP contribution in [0.1, 0.15) is 25.6 Å². The molecule has 0 aliphatic carbocycles. The summed E-state index contributed by atoms with van der Waals surface area (Å²) in [4.78, 5) is 6.68. The molecule has 1 fully saturated rings. The molecule has 1 aliphatic heterocycles. The van der Waals surface area contributed by atoms with Crippen molar-refractivity contribution in [3.05, 3.63) is 29.6 Å². The van der Waals surface area contributed by atoms with E-state index in [0.717, 1.165) is 19.2 Å². The van der Waals surface area contributed by atoms with E-state index < -0.39 is 11.6 Å². The van der Waals surface area contributed by atoms with Gasteiger partial charge < -0.3 is 4.57 Å². The summed E-state index contributed by atoms with van der Waals surface area (Å²) in [5.41, 5.74) is 0.676. The van der Waals surface area contributed by atoms with E-state index in [4.69, 9.17) is 11.6 Å². The lowest BCUT2D eigenvalue weighted by Gasteiger charge is -2.25. The molecule has 0 bridgehead atoms. The highest BCUT2D eigenvalue weighted by molar-refractivity contribution is 6.16. The Morgan fingerprint density at radius 3 is 2.67 bits per heavy atom. The molecule has 0 saturated carbocycles. The van der Waals surface area contributed by atoms with Crippen molar-refractivity contribution in [3.63, 3.8) is 0 Å². The third-order valence-electron chi connectivity index (χ3n) is 4.21. The third kappa shape index (κ3) is 2.64. The minimum absolute atomic E-state index is 0.183. The fourth-order valence-corrected chi connectivity index (χ4v) is 3.27. The normalized spacial score (nSPS) is 17.7. The lowest BCUT2D eigenvalue weighted by Crippen LogP contribution is -2.34. The van der Waals surface area contributed by atoms with Crippen molar-refractivity contribution in [2.75, 3.05) is 13.1 Å². The van der Waals surface area contributed by atoms with E-state index in [1.165, 1.54) is 18.9 Å². The number of imidazole rings is 1. The van der Waals surface area contributed by atoms with Gasteiger partial charge in [0.1, 0.15) is 11.3 Å². The van der Waals surface area contributed by atoms with E-state index in [0.29, 0.717) is 17.9 Å². The molecule has 2 heterocycles. The van der Waals surface area contributed by atoms with Crippen LogP contribution in [0.4, 0.5) is 8.78 Å². The summed E-state index contributed by atoms with van der Waals surface area (Å²) < 4.78 is 29.4. The van der Waals surface area contributed by atoms with Gasteiger partial charge in [-0.3, -0.25) is 4.90 Å². The zero-order chi connectivity index (χ0) is 15.0. The van der Waals surface area contributed by atoms with Crippen molar-refractivity contribution >= 4 is 22.6 Å². The Labute approximate surface area is 127 Å². The predicted octanol–water partition coefficient (Wildman–Crippen LogP) is 3.54. The van der Waals surface area contributed by atoms with Crippen molar-refractivity contribution in [1.29, 1.82) is 0 Å². The number of benzene rings is 1. The molecule has 2 aromatic rings. The maximum Gasteiger partial charge on any atom is 0.184 e. The Morgan fingerprint density at radius 2 is 2.00 bits per heavy atom. The summed E-state index contributed by atoms with van der Waals surface area (Å²) in [5, 5.41) is 0. The number of hydrogen-bond acceptors (Lipinski definition) is 2. The molecule has 3 nitrogen and oxygen atoms in total. The van der Waals surface area contributed by atoms with Gasteiger partial charge in [-0.2, -0.15) is 0 Å². The van der Waals surface area contributed by atoms with Crippen LogP contribution < -0.4 is 0 Å². The van der Waals surface area contributed by atoms with E-state index in [-0.39, 0.29) is 17.4 Å². The summed E-state index contributed by atoms with van der Waals surface area (Å²) in [6, 6.07) is 2.85. The fourth-order valence-electron chi connectivity index (χ4n) is 3.07. The van der Waals surface area contributed by atoms with Gasteiger partial charge in [-0.05, 0) is 45.0 Å². The smallest absolute Gasteiger partial charge is 0.184 e. The van der Waals surface area contributed by atoms with E-state index in [1.54, 1.807) is 4.57 Å². The van der Waals surface area contributed by atoms with Gasteiger partial charge in [0.15, 0.2) is 11.6 Å². The Morgan fingerprint density at radius 1 is 1.29 bits per heavy atom. The average Bonchev–Trinajstić information content (AvgIpc) is 3.11. The minimum Gasteiger partial charge on any atom is -0.323 e. The topological polar surface area (TPSA) is 21.1 Å². The summed E-state index contributed by atoms with van der Waals surface area (Å²) in [7, 11) is 0. The number of fused-ring (bicyclic) bond motifs is 1. The first-order valence-electron chi connectivity index (χ1n) is 7.25. The summed E-state index contributed by atoms with van der Waals surface area (Å²) in [6.07, 6.45) is 2.39. The summed E-state index contributed by atoms with van der Waals surface area (Å²) in [6.45, 7) is 4.78. The van der Waals surface area contributed by atoms with Gasteiger partial charge in [-0.1, -0.05) is 0 Å². The van der Waals surface area contributed by atoms with Gasteiger partial charge in [0, 0.05) is 12.6 Å². The van der Waals surface area contributed by atoms with Crippen molar-refractivity contribution in [2.45, 2.75) is 38.2 Å². The fraction of sp³-hybridized carbons (Fsp3) is 0.533. The van der Waals surface area contributed by atoms with E-state index >= 15 is 0 Å². The quantitative estimate of drug-likeness (QED) is 0.805. The molecule has 0 radical (unpaired) electrons. The zero-order valence-electron chi connectivity index (χ0n) is 12.0. The van der Waals surface area contributed by atoms with E-state index in [1.807, 2.05) is 0 Å². The molecule has 0 amide bonds. The van der Waals surface area contributed by atoms with Crippen molar-refractivity contribution < 1.29 is 8.78 Å². The number of aromatic nitrogens is 2. The summed E-state index contributed by atoms with van der Waals surface area (Å²) in [5.74, 6) is -0.923. The third-order valence-corrected chi connectivity index (χ3v) is 4.45. The molecule has 1 aromatic carbocycles. The molecular weight excluding hydrogens is 296 g/mol. The average molecular weight is 314 g/mol. The first-order chi connectivity index (χ1) is 10.1. The van der Waals surface area contributed by atoms with Crippen LogP contribution >= 0.6 is 11.6 Å². The summed E-state index contributed by atoms with van der Waals surface area (Å²) >= 11 is 5.93. The van der Waals surface area contributed by atoms with Crippen LogP contribution in [-0.2, 0) is 12.4 Å². The maximum atomic E-state index is 14.1. The molecular formula is C15H18ClF2N3. The zero-order valence-corrected chi connectivity index (χ0v) is 12.7. The Balaban J connectivity index is 2.01. The van der Waals surface area contributed by atoms with Crippen LogP contribution in [0, 0.1) is 11.6 Å². The van der Waals surface area contributed by atoms with Crippen LogP contribution in [0.5, 0.6) is 0 Å². The molecule has 1 aromatic heterocycles. The van der Waals surface area contributed by atoms with E-state index in [9.17, 15) is 8.78 Å². The first kappa shape index (κ1) is 14.7. The highest BCUT2D eigenvalue weighted by Crippen LogP contribution is 2.24. The molecule has 1 atom stereocenters. The monoisotopic (exact) mass is 313 g/mol. The van der Waals surface area contributed by atoms with Crippen LogP contribution in [0.25, 0.3) is 11.0 Å². The van der Waals surface area contributed by atoms with Crippen molar-refractivity contribution in [2.24, 2.45) is 0 Å². The molecule has 6 heteroatoms. The van der Waals surface area contributed by atoms with Crippen LogP contribution in [0.15, 0.2) is 12.1 Å². The molecule has 3 rings (SSSR count). The van der Waals surface area contributed by atoms with Gasteiger partial charge in [0.2, 0.25) is 0 Å². The number of rotatable bonds is 4. The standard InChI is InChI=1S/C15H18ClF2N3/c1-10(20-6-2-3-7-20)9-21-13(8-16)19-12-5-4-11(17)14(18)15(12)21/h4-5,10H,2-3,6-9H2,1H3. The van der Waals surface area contributed by atoms with Crippen LogP contribution in [-0.4, -0.2) is 33.6 Å². The van der Waals surface area contributed by atoms with Crippen LogP contribution in [0.2, 0.25) is 0 Å². The molecule has 0 spiro atoms. The van der Waals surface area contributed by atoms with Gasteiger partial charge in [-0.25, -0.2) is 13.8 Å². The van der Waals surface area contributed by atoms with Gasteiger partial charge in [-0.15, -0.1) is 11.6 Å². The second kappa shape index (κ2) is 5.89. The lowest BCUT2D eigenvalue weighted by molar-refractivity contribution is 0.236. The Hall–Kier alpha value is -1.20. The van der Waals surface area contributed by atoms with E-state index in [2.05, 4.69) is 16.8 Å². The highest BCUT2D eigenvalue weighted by Gasteiger charge is 2.22. The van der Waals surface area contributed by atoms with Crippen LogP contribution in [0.3, 0.4) is 0 Å². The highest BCUT2D eigenvalue weighted by atomic mass is 35.5. The molecule has 21 heavy (non-hydrogen) atoms. The van der Waals surface area contributed by atoms with Gasteiger partial charge >= 0.3 is 0 Å². The van der Waals surface area contributed by atoms with Crippen molar-refractivity contribution in [3.8, 4) is 0 Å². The predicted molar refractivity (Wildman–Crippen MR) is 79.5 cm³/mol. The molecule has 1 saturated heterocycles. The van der Waals surface area contributed by atoms with Gasteiger partial charge in [0.05, 0.1) is 11.4 Å². The largest absolute Gasteiger partial charge is 0.323 e. The lowest BCUT2D eigenvalue weighted by atomic mass is 10.2. The molecule has 1 aliphatic rings. The second-order valence-electron chi connectivity index (χ2n) is 5.59. The minimum atomic E-state index is -0.849. The SMILES string of the molecule is CC(Cn1c(CCl)nc2ccc(F)c(F)c21)N1CCCC1. The molecule has 114 valence electrons. The second-order valence-corrected chi connectivity index (χ2v) is 5.86. The number of halogens is 3. The maximum absolute atomic E-state index is 14.1.